The molecule has 3 aliphatic rings. The fourth-order valence-electron chi connectivity index (χ4n) is 5.75. The molecule has 3 N–H and O–H groups in total. The van der Waals surface area contributed by atoms with Gasteiger partial charge in [-0.05, 0) is 57.2 Å². The van der Waals surface area contributed by atoms with Crippen molar-refractivity contribution in [1.82, 2.24) is 35.1 Å². The summed E-state index contributed by atoms with van der Waals surface area (Å²) in [5.74, 6) is -3.86. The van der Waals surface area contributed by atoms with Crippen LogP contribution in [0.5, 0.6) is 5.88 Å². The second-order valence-electron chi connectivity index (χ2n) is 12.0. The van der Waals surface area contributed by atoms with E-state index in [0.717, 1.165) is 23.6 Å². The van der Waals surface area contributed by atoms with E-state index in [0.29, 0.717) is 19.4 Å². The third kappa shape index (κ3) is 9.03. The molecule has 1 saturated carbocycles. The quantitative estimate of drug-likeness (QED) is 0.273. The molecule has 2 aliphatic heterocycles. The van der Waals surface area contributed by atoms with Gasteiger partial charge in [-0.2, -0.15) is 5.10 Å². The SMILES string of the molecule is CCOC(=O)N1CCN(C(=O)C(CCC(=O)O)NC(=O)c2cc(OCC(=O)N3CCC[C@H]3C(=O)NC3CC3)n(-c3cccc(F)c3)n2)CC1. The maximum absolute atomic E-state index is 14.2. The number of nitrogens with zero attached hydrogens (tertiary/aromatic N) is 5. The minimum atomic E-state index is -1.24. The van der Waals surface area contributed by atoms with Gasteiger partial charge in [-0.1, -0.05) is 6.07 Å². The van der Waals surface area contributed by atoms with Crippen LogP contribution in [-0.4, -0.2) is 129 Å². The van der Waals surface area contributed by atoms with Crippen LogP contribution in [0.3, 0.4) is 0 Å². The molecular weight excluding hydrogens is 645 g/mol. The van der Waals surface area contributed by atoms with Gasteiger partial charge in [0.05, 0.1) is 12.3 Å². The van der Waals surface area contributed by atoms with Crippen LogP contribution in [-0.2, 0) is 23.9 Å². The number of nitrogens with one attached hydrogen (secondary N) is 2. The van der Waals surface area contributed by atoms with Crippen molar-refractivity contribution < 1.29 is 47.7 Å². The van der Waals surface area contributed by atoms with E-state index in [4.69, 9.17) is 9.47 Å². The van der Waals surface area contributed by atoms with Crippen LogP contribution in [0.4, 0.5) is 9.18 Å². The molecule has 5 rings (SSSR count). The molecule has 3 fully saturated rings. The second kappa shape index (κ2) is 15.8. The van der Waals surface area contributed by atoms with Crippen LogP contribution in [0.15, 0.2) is 30.3 Å². The first kappa shape index (κ1) is 35.1. The van der Waals surface area contributed by atoms with Crippen molar-refractivity contribution in [3.8, 4) is 11.6 Å². The van der Waals surface area contributed by atoms with Gasteiger partial charge in [0.1, 0.15) is 17.9 Å². The number of piperazine rings is 1. The van der Waals surface area contributed by atoms with Crippen molar-refractivity contribution >= 4 is 35.7 Å². The van der Waals surface area contributed by atoms with Gasteiger partial charge in [0.15, 0.2) is 12.3 Å². The summed E-state index contributed by atoms with van der Waals surface area (Å²) in [6, 6.07) is 4.83. The Kier molecular flexibility index (Phi) is 11.3. The number of carbonyl (C=O) groups is 6. The zero-order chi connectivity index (χ0) is 35.1. The van der Waals surface area contributed by atoms with Crippen molar-refractivity contribution in [1.29, 1.82) is 0 Å². The molecule has 0 radical (unpaired) electrons. The molecule has 0 bridgehead atoms. The van der Waals surface area contributed by atoms with Gasteiger partial charge >= 0.3 is 12.1 Å². The molecule has 0 spiro atoms. The van der Waals surface area contributed by atoms with Crippen molar-refractivity contribution in [2.45, 2.75) is 63.6 Å². The first-order chi connectivity index (χ1) is 23.5. The molecule has 264 valence electrons. The fourth-order valence-corrected chi connectivity index (χ4v) is 5.75. The predicted octanol–water partition coefficient (Wildman–Crippen LogP) is 0.924. The zero-order valence-corrected chi connectivity index (χ0v) is 27.1. The van der Waals surface area contributed by atoms with Crippen LogP contribution < -0.4 is 15.4 Å². The van der Waals surface area contributed by atoms with Crippen molar-refractivity contribution in [3.05, 3.63) is 41.8 Å². The number of carbonyl (C=O) groups excluding carboxylic acids is 5. The summed E-state index contributed by atoms with van der Waals surface area (Å²) in [4.78, 5) is 80.7. The van der Waals surface area contributed by atoms with Crippen molar-refractivity contribution in [2.75, 3.05) is 45.9 Å². The minimum absolute atomic E-state index is 0.0780. The first-order valence-electron chi connectivity index (χ1n) is 16.4. The number of hydrogen-bond acceptors (Lipinski definition) is 9. The highest BCUT2D eigenvalue weighted by molar-refractivity contribution is 5.96. The van der Waals surface area contributed by atoms with Gasteiger partial charge < -0.3 is 39.9 Å². The third-order valence-electron chi connectivity index (χ3n) is 8.47. The largest absolute Gasteiger partial charge is 0.481 e. The highest BCUT2D eigenvalue weighted by Crippen LogP contribution is 2.24. The van der Waals surface area contributed by atoms with Gasteiger partial charge in [0.2, 0.25) is 17.7 Å². The van der Waals surface area contributed by atoms with E-state index < -0.39 is 60.7 Å². The summed E-state index contributed by atoms with van der Waals surface area (Å²) >= 11 is 0. The molecule has 1 aliphatic carbocycles. The third-order valence-corrected chi connectivity index (χ3v) is 8.47. The van der Waals surface area contributed by atoms with Crippen LogP contribution in [0.1, 0.15) is 55.9 Å². The van der Waals surface area contributed by atoms with E-state index >= 15 is 0 Å². The Morgan fingerprint density at radius 2 is 1.76 bits per heavy atom. The van der Waals surface area contributed by atoms with Gasteiger partial charge in [-0.15, -0.1) is 0 Å². The predicted molar refractivity (Wildman–Crippen MR) is 168 cm³/mol. The Hall–Kier alpha value is -5.22. The minimum Gasteiger partial charge on any atom is -0.481 e. The number of carboxylic acids is 1. The Morgan fingerprint density at radius 1 is 1.02 bits per heavy atom. The molecule has 1 unspecified atom stereocenters. The molecule has 2 aromatic rings. The van der Waals surface area contributed by atoms with Gasteiger partial charge in [-0.25, -0.2) is 13.9 Å². The van der Waals surface area contributed by atoms with E-state index in [1.807, 2.05) is 0 Å². The van der Waals surface area contributed by atoms with Gasteiger partial charge in [0, 0.05) is 51.3 Å². The second-order valence-corrected chi connectivity index (χ2v) is 12.0. The van der Waals surface area contributed by atoms with Crippen LogP contribution >= 0.6 is 0 Å². The Morgan fingerprint density at radius 3 is 2.43 bits per heavy atom. The number of halogens is 1. The van der Waals surface area contributed by atoms with Gasteiger partial charge in [0.25, 0.3) is 11.8 Å². The molecule has 49 heavy (non-hydrogen) atoms. The lowest BCUT2D eigenvalue weighted by Gasteiger charge is -2.35. The maximum Gasteiger partial charge on any atom is 0.409 e. The summed E-state index contributed by atoms with van der Waals surface area (Å²) in [5.41, 5.74) is -0.0582. The number of aromatic nitrogens is 2. The van der Waals surface area contributed by atoms with Crippen LogP contribution in [0.25, 0.3) is 5.69 Å². The number of carboxylic acid groups (broad SMARTS) is 1. The molecule has 17 heteroatoms. The number of ether oxygens (including phenoxy) is 2. The number of aliphatic carboxylic acids is 1. The summed E-state index contributed by atoms with van der Waals surface area (Å²) in [5, 5.41) is 19.1. The average molecular weight is 686 g/mol. The molecule has 16 nitrogen and oxygen atoms in total. The topological polar surface area (TPSA) is 193 Å². The number of likely N-dealkylation sites (tertiary alicyclic amines) is 1. The first-order valence-corrected chi connectivity index (χ1v) is 16.4. The van der Waals surface area contributed by atoms with Crippen molar-refractivity contribution in [3.63, 3.8) is 0 Å². The summed E-state index contributed by atoms with van der Waals surface area (Å²) in [6.07, 6.45) is 1.88. The van der Waals surface area contributed by atoms with Crippen LogP contribution in [0, 0.1) is 5.82 Å². The zero-order valence-electron chi connectivity index (χ0n) is 27.1. The molecular formula is C32H40FN7O9. The summed E-state index contributed by atoms with van der Waals surface area (Å²) in [7, 11) is 0. The monoisotopic (exact) mass is 685 g/mol. The smallest absolute Gasteiger partial charge is 0.409 e. The summed E-state index contributed by atoms with van der Waals surface area (Å²) in [6.45, 7) is 2.48. The fraction of sp³-hybridized carbons (Fsp3) is 0.531. The lowest BCUT2D eigenvalue weighted by Crippen LogP contribution is -2.56. The maximum atomic E-state index is 14.2. The van der Waals surface area contributed by atoms with E-state index in [1.54, 1.807) is 6.92 Å². The Bertz CT molecular complexity index is 1570. The molecule has 1 aromatic heterocycles. The highest BCUT2D eigenvalue weighted by Gasteiger charge is 2.37. The Labute approximate surface area is 281 Å². The van der Waals surface area contributed by atoms with E-state index in [-0.39, 0.29) is 68.4 Å². The van der Waals surface area contributed by atoms with Gasteiger partial charge in [-0.3, -0.25) is 24.0 Å². The van der Waals surface area contributed by atoms with E-state index in [1.165, 1.54) is 39.0 Å². The molecule has 3 heterocycles. The van der Waals surface area contributed by atoms with Crippen LogP contribution in [0.2, 0.25) is 0 Å². The normalized spacial score (nSPS) is 18.1. The number of rotatable bonds is 13. The standard InChI is InChI=1S/C32H40FN7O9/c1-2-48-32(47)38-15-13-37(14-16-38)31(46)23(10-11-28(42)43)35-29(44)24-18-27(40(36-24)22-6-3-5-20(33)17-22)49-19-26(41)39-12-4-7-25(39)30(45)34-21-8-9-21/h3,5-6,17-18,21,23,25H,2,4,7-16,19H2,1H3,(H,34,45)(H,35,44)(H,42,43)/t23?,25-/m0/s1. The lowest BCUT2D eigenvalue weighted by molar-refractivity contribution is -0.140. The molecule has 5 amide bonds. The molecule has 2 atom stereocenters. The van der Waals surface area contributed by atoms with E-state index in [2.05, 4.69) is 15.7 Å². The van der Waals surface area contributed by atoms with Crippen molar-refractivity contribution in [2.24, 2.45) is 0 Å². The molecule has 2 saturated heterocycles. The number of benzene rings is 1. The number of hydrogen-bond donors (Lipinski definition) is 3. The summed E-state index contributed by atoms with van der Waals surface area (Å²) < 4.78 is 26.2. The number of amides is 5. The van der Waals surface area contributed by atoms with E-state index in [9.17, 15) is 38.3 Å². The average Bonchev–Trinajstić information content (AvgIpc) is 3.57. The lowest BCUT2D eigenvalue weighted by atomic mass is 10.1. The molecule has 1 aromatic carbocycles. The highest BCUT2D eigenvalue weighted by atomic mass is 19.1. The Balaban J connectivity index is 1.30.